The second-order valence-corrected chi connectivity index (χ2v) is 7.29. The van der Waals surface area contributed by atoms with Crippen LogP contribution in [0.15, 0.2) is 30.3 Å². The number of carbonyl (C=O) groups excluding carboxylic acids is 3. The predicted molar refractivity (Wildman–Crippen MR) is 100 cm³/mol. The van der Waals surface area contributed by atoms with E-state index in [1.165, 1.54) is 35.6 Å². The quantitative estimate of drug-likeness (QED) is 0.496. The number of ether oxygens (including phenoxy) is 2. The number of Topliss-reactive ketones (excluding diaryl/α,β-unsaturated/α-hetero) is 1. The summed E-state index contributed by atoms with van der Waals surface area (Å²) >= 11 is 1.50. The van der Waals surface area contributed by atoms with Gasteiger partial charge in [-0.05, 0) is 32.0 Å². The van der Waals surface area contributed by atoms with E-state index in [0.29, 0.717) is 5.56 Å². The van der Waals surface area contributed by atoms with Crippen molar-refractivity contribution < 1.29 is 32.6 Å². The third kappa shape index (κ3) is 6.41. The number of para-hydroxylation sites is 2. The molecular weight excluding hydrogens is 392 g/mol. The largest absolute Gasteiger partial charge is 0.456 e. The first-order chi connectivity index (χ1) is 13.3. The molecule has 9 heteroatoms. The molecule has 1 aromatic heterocycles. The molecule has 0 aliphatic heterocycles. The molecular formula is C19H19F2NO5S. The van der Waals surface area contributed by atoms with Crippen LogP contribution in [0.4, 0.5) is 14.5 Å². The lowest BCUT2D eigenvalue weighted by Gasteiger charge is -2.11. The Morgan fingerprint density at radius 2 is 1.86 bits per heavy atom. The molecule has 28 heavy (non-hydrogen) atoms. The molecule has 1 heterocycles. The molecule has 0 bridgehead atoms. The summed E-state index contributed by atoms with van der Waals surface area (Å²) in [5.74, 6) is -1.79. The zero-order valence-corrected chi connectivity index (χ0v) is 16.1. The molecule has 2 rings (SSSR count). The number of aryl methyl sites for hydroxylation is 2. The SMILES string of the molecule is Cc1cc(C(=O)CCC(=O)OCC(=O)Nc2ccccc2OC(F)F)c(C)s1. The van der Waals surface area contributed by atoms with Gasteiger partial charge in [0, 0.05) is 21.7 Å². The van der Waals surface area contributed by atoms with Gasteiger partial charge in [-0.25, -0.2) is 0 Å². The Morgan fingerprint density at radius 3 is 2.50 bits per heavy atom. The summed E-state index contributed by atoms with van der Waals surface area (Å²) in [6.07, 6.45) is -0.186. The first kappa shape index (κ1) is 21.5. The maximum atomic E-state index is 12.4. The normalized spacial score (nSPS) is 10.6. The Bertz CT molecular complexity index is 866. The summed E-state index contributed by atoms with van der Waals surface area (Å²) in [6.45, 7) is 0.0887. The third-order valence-corrected chi connectivity index (χ3v) is 4.60. The van der Waals surface area contributed by atoms with Gasteiger partial charge in [0.05, 0.1) is 12.1 Å². The second kappa shape index (κ2) is 9.93. The Labute approximate surface area is 164 Å². The lowest BCUT2D eigenvalue weighted by atomic mass is 10.1. The van der Waals surface area contributed by atoms with Crippen molar-refractivity contribution in [2.45, 2.75) is 33.3 Å². The fraction of sp³-hybridized carbons (Fsp3) is 0.316. The van der Waals surface area contributed by atoms with Gasteiger partial charge in [-0.2, -0.15) is 8.78 Å². The highest BCUT2D eigenvalue weighted by Gasteiger charge is 2.16. The number of rotatable bonds is 9. The highest BCUT2D eigenvalue weighted by molar-refractivity contribution is 7.12. The van der Waals surface area contributed by atoms with Crippen molar-refractivity contribution in [1.29, 1.82) is 0 Å². The topological polar surface area (TPSA) is 81.7 Å². The number of nitrogens with one attached hydrogen (secondary N) is 1. The van der Waals surface area contributed by atoms with Crippen LogP contribution in [0.1, 0.15) is 33.0 Å². The van der Waals surface area contributed by atoms with Gasteiger partial charge in [-0.3, -0.25) is 14.4 Å². The predicted octanol–water partition coefficient (Wildman–Crippen LogP) is 4.11. The van der Waals surface area contributed by atoms with Crippen molar-refractivity contribution in [3.8, 4) is 5.75 Å². The van der Waals surface area contributed by atoms with Crippen LogP contribution in [0, 0.1) is 13.8 Å². The van der Waals surface area contributed by atoms with Crippen LogP contribution in [0.5, 0.6) is 5.75 Å². The van der Waals surface area contributed by atoms with E-state index >= 15 is 0 Å². The van der Waals surface area contributed by atoms with Crippen LogP contribution < -0.4 is 10.1 Å². The Hall–Kier alpha value is -2.81. The number of esters is 1. The maximum Gasteiger partial charge on any atom is 0.387 e. The molecule has 0 spiro atoms. The molecule has 0 saturated heterocycles. The van der Waals surface area contributed by atoms with Crippen molar-refractivity contribution in [1.82, 2.24) is 0 Å². The van der Waals surface area contributed by atoms with Gasteiger partial charge in [0.1, 0.15) is 5.75 Å². The number of ketones is 1. The van der Waals surface area contributed by atoms with Crippen molar-refractivity contribution in [3.63, 3.8) is 0 Å². The van der Waals surface area contributed by atoms with Crippen LogP contribution in [0.2, 0.25) is 0 Å². The lowest BCUT2D eigenvalue weighted by molar-refractivity contribution is -0.147. The molecule has 1 aromatic carbocycles. The Kier molecular flexibility index (Phi) is 7.62. The van der Waals surface area contributed by atoms with E-state index in [2.05, 4.69) is 10.1 Å². The summed E-state index contributed by atoms with van der Waals surface area (Å²) in [7, 11) is 0. The third-order valence-electron chi connectivity index (χ3n) is 3.64. The summed E-state index contributed by atoms with van der Waals surface area (Å²) in [5, 5.41) is 2.33. The molecule has 0 fully saturated rings. The van der Waals surface area contributed by atoms with Crippen LogP contribution in [-0.4, -0.2) is 30.9 Å². The number of carbonyl (C=O) groups is 3. The van der Waals surface area contributed by atoms with Crippen molar-refractivity contribution >= 4 is 34.7 Å². The Morgan fingerprint density at radius 1 is 1.14 bits per heavy atom. The fourth-order valence-electron chi connectivity index (χ4n) is 2.43. The minimum atomic E-state index is -3.04. The van der Waals surface area contributed by atoms with Crippen LogP contribution in [0.3, 0.4) is 0 Å². The molecule has 0 aliphatic carbocycles. The minimum Gasteiger partial charge on any atom is -0.456 e. The minimum absolute atomic E-state index is 0.0253. The molecule has 0 unspecified atom stereocenters. The molecule has 1 N–H and O–H groups in total. The second-order valence-electron chi connectivity index (χ2n) is 5.83. The number of alkyl halides is 2. The average molecular weight is 411 g/mol. The van der Waals surface area contributed by atoms with Gasteiger partial charge in [0.2, 0.25) is 0 Å². The van der Waals surface area contributed by atoms with Crippen LogP contribution in [-0.2, 0) is 14.3 Å². The van der Waals surface area contributed by atoms with Crippen LogP contribution in [0.25, 0.3) is 0 Å². The number of hydrogen-bond donors (Lipinski definition) is 1. The maximum absolute atomic E-state index is 12.4. The molecule has 0 saturated carbocycles. The van der Waals surface area contributed by atoms with E-state index in [4.69, 9.17) is 4.74 Å². The first-order valence-electron chi connectivity index (χ1n) is 8.36. The lowest BCUT2D eigenvalue weighted by Crippen LogP contribution is -2.21. The Balaban J connectivity index is 1.79. The number of benzene rings is 1. The number of thiophene rings is 1. The van der Waals surface area contributed by atoms with Crippen LogP contribution >= 0.6 is 11.3 Å². The monoisotopic (exact) mass is 411 g/mol. The number of anilines is 1. The molecule has 0 radical (unpaired) electrons. The van der Waals surface area contributed by atoms with Crippen molar-refractivity contribution in [3.05, 3.63) is 45.6 Å². The molecule has 1 amide bonds. The zero-order chi connectivity index (χ0) is 20.7. The molecule has 0 aliphatic rings. The van der Waals surface area contributed by atoms with Gasteiger partial charge in [0.25, 0.3) is 5.91 Å². The van der Waals surface area contributed by atoms with Crippen molar-refractivity contribution in [2.24, 2.45) is 0 Å². The van der Waals surface area contributed by atoms with Crippen molar-refractivity contribution in [2.75, 3.05) is 11.9 Å². The van der Waals surface area contributed by atoms with E-state index < -0.39 is 25.1 Å². The van der Waals surface area contributed by atoms with E-state index in [1.807, 2.05) is 13.8 Å². The molecule has 150 valence electrons. The summed E-state index contributed by atoms with van der Waals surface area (Å²) in [4.78, 5) is 37.7. The average Bonchev–Trinajstić information content (AvgIpc) is 2.97. The number of amides is 1. The number of halogens is 2. The van der Waals surface area contributed by atoms with E-state index in [9.17, 15) is 23.2 Å². The first-order valence-corrected chi connectivity index (χ1v) is 9.17. The zero-order valence-electron chi connectivity index (χ0n) is 15.3. The van der Waals surface area contributed by atoms with Gasteiger partial charge in [-0.15, -0.1) is 11.3 Å². The number of hydrogen-bond acceptors (Lipinski definition) is 6. The van der Waals surface area contributed by atoms with E-state index in [1.54, 1.807) is 6.07 Å². The van der Waals surface area contributed by atoms with Gasteiger partial charge in [-0.1, -0.05) is 12.1 Å². The van der Waals surface area contributed by atoms with E-state index in [0.717, 1.165) is 9.75 Å². The summed E-state index contributed by atoms with van der Waals surface area (Å²) in [5.41, 5.74) is 0.617. The highest BCUT2D eigenvalue weighted by Crippen LogP contribution is 2.25. The van der Waals surface area contributed by atoms with Gasteiger partial charge in [0.15, 0.2) is 12.4 Å². The summed E-state index contributed by atoms with van der Waals surface area (Å²) < 4.78 is 33.8. The molecule has 0 atom stereocenters. The van der Waals surface area contributed by atoms with E-state index in [-0.39, 0.29) is 30.1 Å². The molecule has 6 nitrogen and oxygen atoms in total. The van der Waals surface area contributed by atoms with Gasteiger partial charge >= 0.3 is 12.6 Å². The smallest absolute Gasteiger partial charge is 0.387 e. The van der Waals surface area contributed by atoms with Gasteiger partial charge < -0.3 is 14.8 Å². The highest BCUT2D eigenvalue weighted by atomic mass is 32.1. The molecule has 2 aromatic rings. The standard InChI is InChI=1S/C19H19F2NO5S/c1-11-9-13(12(2)28-11)15(23)7-8-18(25)26-10-17(24)22-14-5-3-4-6-16(14)27-19(20)21/h3-6,9,19H,7-8,10H2,1-2H3,(H,22,24). The fourth-order valence-corrected chi connectivity index (χ4v) is 3.37. The summed E-state index contributed by atoms with van der Waals surface area (Å²) in [6, 6.07) is 7.43.